The van der Waals surface area contributed by atoms with Gasteiger partial charge in [-0.2, -0.15) is 0 Å². The highest BCUT2D eigenvalue weighted by atomic mass is 16.3. The van der Waals surface area contributed by atoms with Crippen LogP contribution in [0.4, 0.5) is 0 Å². The number of aromatic hydroxyl groups is 1. The van der Waals surface area contributed by atoms with Crippen LogP contribution in [0.5, 0.6) is 5.75 Å². The van der Waals surface area contributed by atoms with Crippen LogP contribution in [-0.4, -0.2) is 15.6 Å². The van der Waals surface area contributed by atoms with Gasteiger partial charge in [0.2, 0.25) is 0 Å². The Labute approximate surface area is 157 Å². The first kappa shape index (κ1) is 16.9. The molecule has 0 unspecified atom stereocenters. The fourth-order valence-electron chi connectivity index (χ4n) is 3.22. The molecule has 4 heteroatoms. The molecule has 4 nitrogen and oxygen atoms in total. The van der Waals surface area contributed by atoms with E-state index in [-0.39, 0.29) is 11.7 Å². The molecule has 0 aliphatic rings. The van der Waals surface area contributed by atoms with Crippen LogP contribution in [0.2, 0.25) is 0 Å². The smallest absolute Gasteiger partial charge is 0.268 e. The Bertz CT molecular complexity index is 1070. The van der Waals surface area contributed by atoms with Crippen molar-refractivity contribution >= 4 is 16.8 Å². The Morgan fingerprint density at radius 2 is 1.56 bits per heavy atom. The van der Waals surface area contributed by atoms with Crippen molar-refractivity contribution in [2.75, 3.05) is 0 Å². The van der Waals surface area contributed by atoms with Gasteiger partial charge in [0.05, 0.1) is 0 Å². The third-order valence-corrected chi connectivity index (χ3v) is 4.62. The van der Waals surface area contributed by atoms with Crippen molar-refractivity contribution in [3.8, 4) is 5.75 Å². The van der Waals surface area contributed by atoms with Crippen molar-refractivity contribution in [2.24, 2.45) is 0 Å². The van der Waals surface area contributed by atoms with Gasteiger partial charge in [-0.05, 0) is 35.4 Å². The molecular formula is C23H20N2O2. The quantitative estimate of drug-likeness (QED) is 0.559. The lowest BCUT2D eigenvalue weighted by molar-refractivity contribution is 0.0942. The normalized spacial score (nSPS) is 10.8. The van der Waals surface area contributed by atoms with Gasteiger partial charge in [0.25, 0.3) is 5.91 Å². The number of amides is 1. The zero-order valence-corrected chi connectivity index (χ0v) is 14.8. The second kappa shape index (κ2) is 7.38. The van der Waals surface area contributed by atoms with E-state index >= 15 is 0 Å². The summed E-state index contributed by atoms with van der Waals surface area (Å²) in [7, 11) is 0. The van der Waals surface area contributed by atoms with Crippen LogP contribution in [0, 0.1) is 0 Å². The average Bonchev–Trinajstić information content (AvgIpc) is 3.07. The molecule has 2 N–H and O–H groups in total. The summed E-state index contributed by atoms with van der Waals surface area (Å²) in [5, 5.41) is 13.4. The third-order valence-electron chi connectivity index (χ3n) is 4.62. The summed E-state index contributed by atoms with van der Waals surface area (Å²) < 4.78 is 2.05. The molecule has 0 atom stereocenters. The van der Waals surface area contributed by atoms with Gasteiger partial charge < -0.3 is 15.0 Å². The van der Waals surface area contributed by atoms with Crippen LogP contribution in [0.3, 0.4) is 0 Å². The number of fused-ring (bicyclic) bond motifs is 1. The molecule has 0 aliphatic heterocycles. The van der Waals surface area contributed by atoms with Crippen LogP contribution in [0.25, 0.3) is 10.9 Å². The van der Waals surface area contributed by atoms with E-state index < -0.39 is 0 Å². The molecule has 0 saturated carbocycles. The van der Waals surface area contributed by atoms with Crippen molar-refractivity contribution < 1.29 is 9.90 Å². The summed E-state index contributed by atoms with van der Waals surface area (Å²) in [5.41, 5.74) is 3.76. The molecular weight excluding hydrogens is 336 g/mol. The van der Waals surface area contributed by atoms with E-state index in [1.807, 2.05) is 48.5 Å². The lowest BCUT2D eigenvalue weighted by Gasteiger charge is -2.11. The van der Waals surface area contributed by atoms with E-state index in [4.69, 9.17) is 0 Å². The van der Waals surface area contributed by atoms with E-state index in [1.54, 1.807) is 24.3 Å². The van der Waals surface area contributed by atoms with E-state index in [0.29, 0.717) is 18.8 Å². The fourth-order valence-corrected chi connectivity index (χ4v) is 3.22. The zero-order chi connectivity index (χ0) is 18.6. The predicted molar refractivity (Wildman–Crippen MR) is 107 cm³/mol. The van der Waals surface area contributed by atoms with Crippen LogP contribution >= 0.6 is 0 Å². The second-order valence-corrected chi connectivity index (χ2v) is 6.51. The molecule has 1 amide bonds. The van der Waals surface area contributed by atoms with Crippen LogP contribution in [-0.2, 0) is 13.1 Å². The third kappa shape index (κ3) is 3.70. The maximum Gasteiger partial charge on any atom is 0.268 e. The Hall–Kier alpha value is -3.53. The van der Waals surface area contributed by atoms with Crippen LogP contribution in [0.1, 0.15) is 21.6 Å². The summed E-state index contributed by atoms with van der Waals surface area (Å²) in [5.74, 6) is 0.100. The lowest BCUT2D eigenvalue weighted by Crippen LogP contribution is -2.25. The van der Waals surface area contributed by atoms with Crippen molar-refractivity contribution in [1.82, 2.24) is 9.88 Å². The highest BCUT2D eigenvalue weighted by molar-refractivity contribution is 5.98. The molecule has 0 aliphatic carbocycles. The Kier molecular flexibility index (Phi) is 4.62. The van der Waals surface area contributed by atoms with E-state index in [9.17, 15) is 9.90 Å². The van der Waals surface area contributed by atoms with E-state index in [0.717, 1.165) is 22.0 Å². The number of carbonyl (C=O) groups is 1. The molecule has 0 saturated heterocycles. The first-order valence-electron chi connectivity index (χ1n) is 8.89. The molecule has 1 heterocycles. The molecule has 134 valence electrons. The number of aromatic nitrogens is 1. The SMILES string of the molecule is O=C(NCc1ccc(O)cc1)c1cc2ccccc2n1Cc1ccccc1. The second-order valence-electron chi connectivity index (χ2n) is 6.51. The van der Waals surface area contributed by atoms with Crippen molar-refractivity contribution in [3.05, 3.63) is 102 Å². The van der Waals surface area contributed by atoms with Crippen molar-refractivity contribution in [3.63, 3.8) is 0 Å². The van der Waals surface area contributed by atoms with Crippen molar-refractivity contribution in [1.29, 1.82) is 0 Å². The highest BCUT2D eigenvalue weighted by Gasteiger charge is 2.15. The lowest BCUT2D eigenvalue weighted by atomic mass is 10.2. The number of nitrogens with zero attached hydrogens (tertiary/aromatic N) is 1. The zero-order valence-electron chi connectivity index (χ0n) is 14.8. The van der Waals surface area contributed by atoms with E-state index in [2.05, 4.69) is 22.0 Å². The van der Waals surface area contributed by atoms with Gasteiger partial charge in [0.1, 0.15) is 11.4 Å². The first-order valence-corrected chi connectivity index (χ1v) is 8.89. The van der Waals surface area contributed by atoms with Gasteiger partial charge in [-0.15, -0.1) is 0 Å². The minimum atomic E-state index is -0.116. The monoisotopic (exact) mass is 356 g/mol. The number of phenolic OH excluding ortho intramolecular Hbond substituents is 1. The first-order chi connectivity index (χ1) is 13.2. The van der Waals surface area contributed by atoms with Gasteiger partial charge in [0, 0.05) is 24.0 Å². The van der Waals surface area contributed by atoms with Crippen LogP contribution in [0.15, 0.2) is 84.9 Å². The molecule has 0 radical (unpaired) electrons. The Morgan fingerprint density at radius 1 is 0.852 bits per heavy atom. The van der Waals surface area contributed by atoms with Crippen LogP contribution < -0.4 is 5.32 Å². The molecule has 1 aromatic heterocycles. The summed E-state index contributed by atoms with van der Waals surface area (Å²) >= 11 is 0. The Morgan fingerprint density at radius 3 is 2.33 bits per heavy atom. The highest BCUT2D eigenvalue weighted by Crippen LogP contribution is 2.21. The summed E-state index contributed by atoms with van der Waals surface area (Å²) in [6.45, 7) is 1.04. The molecule has 4 rings (SSSR count). The number of rotatable bonds is 5. The molecule has 0 fully saturated rings. The number of hydrogen-bond acceptors (Lipinski definition) is 2. The molecule has 0 spiro atoms. The number of phenols is 1. The summed E-state index contributed by atoms with van der Waals surface area (Å²) in [6, 6.07) is 26.9. The van der Waals surface area contributed by atoms with Crippen molar-refractivity contribution in [2.45, 2.75) is 13.1 Å². The number of nitrogens with one attached hydrogen (secondary N) is 1. The molecule has 27 heavy (non-hydrogen) atoms. The number of para-hydroxylation sites is 1. The number of hydrogen-bond donors (Lipinski definition) is 2. The van der Waals surface area contributed by atoms with Gasteiger partial charge in [-0.3, -0.25) is 4.79 Å². The predicted octanol–water partition coefficient (Wildman–Crippen LogP) is 4.33. The topological polar surface area (TPSA) is 54.3 Å². The largest absolute Gasteiger partial charge is 0.508 e. The molecule has 0 bridgehead atoms. The minimum absolute atomic E-state index is 0.116. The maximum absolute atomic E-state index is 12.9. The van der Waals surface area contributed by atoms with E-state index in [1.165, 1.54) is 0 Å². The standard InChI is InChI=1S/C23H20N2O2/c26-20-12-10-17(11-13-20)15-24-23(27)22-14-19-8-4-5-9-21(19)25(22)16-18-6-2-1-3-7-18/h1-14,26H,15-16H2,(H,24,27). The molecule has 3 aromatic carbocycles. The number of carbonyl (C=O) groups excluding carboxylic acids is 1. The fraction of sp³-hybridized carbons (Fsp3) is 0.0870. The molecule has 4 aromatic rings. The minimum Gasteiger partial charge on any atom is -0.508 e. The van der Waals surface area contributed by atoms with Gasteiger partial charge in [0.15, 0.2) is 0 Å². The summed E-state index contributed by atoms with van der Waals surface area (Å²) in [6.07, 6.45) is 0. The van der Waals surface area contributed by atoms with Gasteiger partial charge in [-0.25, -0.2) is 0 Å². The maximum atomic E-state index is 12.9. The van der Waals surface area contributed by atoms with Gasteiger partial charge >= 0.3 is 0 Å². The summed E-state index contributed by atoms with van der Waals surface area (Å²) in [4.78, 5) is 12.9. The average molecular weight is 356 g/mol. The number of benzene rings is 3. The van der Waals surface area contributed by atoms with Gasteiger partial charge in [-0.1, -0.05) is 60.7 Å². The Balaban J connectivity index is 1.62.